The number of hydrogen-bond acceptors (Lipinski definition) is 7. The van der Waals surface area contributed by atoms with Gasteiger partial charge < -0.3 is 27.9 Å². The van der Waals surface area contributed by atoms with Crippen molar-refractivity contribution in [1.82, 2.24) is 0 Å². The molecule has 2 atom stereocenters. The highest BCUT2D eigenvalue weighted by Gasteiger charge is 2.20. The number of esters is 1. The van der Waals surface area contributed by atoms with Crippen LogP contribution in [0.3, 0.4) is 0 Å². The molecule has 0 aliphatic rings. The van der Waals surface area contributed by atoms with Crippen LogP contribution in [0.2, 0.25) is 0 Å². The van der Waals surface area contributed by atoms with Crippen molar-refractivity contribution in [3.05, 3.63) is 0 Å². The Bertz CT molecular complexity index is 761. The third-order valence-electron chi connectivity index (χ3n) is 9.16. The topological polar surface area (TPSA) is 94.1 Å². The van der Waals surface area contributed by atoms with Gasteiger partial charge in [-0.05, 0) is 12.8 Å². The van der Waals surface area contributed by atoms with Crippen LogP contribution in [-0.4, -0.2) is 70.7 Å². The summed E-state index contributed by atoms with van der Waals surface area (Å²) in [6.45, 7) is 5.45. The van der Waals surface area contributed by atoms with Crippen LogP contribution >= 0.6 is 7.82 Å². The van der Waals surface area contributed by atoms with Gasteiger partial charge in [-0.1, -0.05) is 174 Å². The molecule has 0 spiro atoms. The minimum absolute atomic E-state index is 0.0311. The fourth-order valence-electron chi connectivity index (χ4n) is 5.90. The number of unbranched alkanes of at least 4 members (excludes halogenated alkanes) is 25. The molecule has 9 heteroatoms. The highest BCUT2D eigenvalue weighted by molar-refractivity contribution is 7.45. The van der Waals surface area contributed by atoms with E-state index in [4.69, 9.17) is 18.5 Å². The maximum absolute atomic E-state index is 12.6. The summed E-state index contributed by atoms with van der Waals surface area (Å²) in [6, 6.07) is 0. The Hall–Kier alpha value is -0.500. The van der Waals surface area contributed by atoms with Gasteiger partial charge in [0.25, 0.3) is 7.82 Å². The van der Waals surface area contributed by atoms with Crippen LogP contribution in [0.15, 0.2) is 0 Å². The van der Waals surface area contributed by atoms with E-state index < -0.39 is 13.9 Å². The van der Waals surface area contributed by atoms with E-state index in [0.29, 0.717) is 24.1 Å². The second kappa shape index (κ2) is 34.6. The number of carbonyl (C=O) groups is 1. The lowest BCUT2D eigenvalue weighted by Gasteiger charge is -2.28. The van der Waals surface area contributed by atoms with E-state index in [1.807, 2.05) is 21.1 Å². The smallest absolute Gasteiger partial charge is 0.306 e. The van der Waals surface area contributed by atoms with Crippen LogP contribution in [0.25, 0.3) is 0 Å². The first-order valence-corrected chi connectivity index (χ1v) is 22.2. The SMILES string of the molecule is CCCCCCCCCCCCCCCCCC(=O)O[C@H](COCCCCCCCCCCCCCC)COP(=O)([O-])OCC[N+](C)(C)C. The number of ether oxygens (including phenoxy) is 2. The van der Waals surface area contributed by atoms with Crippen LogP contribution < -0.4 is 4.89 Å². The minimum atomic E-state index is -4.51. The molecule has 294 valence electrons. The number of phosphoric ester groups is 1. The van der Waals surface area contributed by atoms with Crippen molar-refractivity contribution in [1.29, 1.82) is 0 Å². The Morgan fingerprint density at radius 2 is 0.939 bits per heavy atom. The van der Waals surface area contributed by atoms with Crippen LogP contribution in [0.5, 0.6) is 0 Å². The van der Waals surface area contributed by atoms with E-state index in [1.54, 1.807) is 0 Å². The number of likely N-dealkylation sites (N-methyl/N-ethyl adjacent to an activating group) is 1. The van der Waals surface area contributed by atoms with Crippen LogP contribution in [0.4, 0.5) is 0 Å². The normalized spacial score (nSPS) is 13.8. The molecule has 0 aromatic rings. The van der Waals surface area contributed by atoms with Crippen molar-refractivity contribution < 1.29 is 37.3 Å². The van der Waals surface area contributed by atoms with Gasteiger partial charge in [-0.15, -0.1) is 0 Å². The molecule has 49 heavy (non-hydrogen) atoms. The van der Waals surface area contributed by atoms with Gasteiger partial charge in [0.1, 0.15) is 19.3 Å². The first-order valence-electron chi connectivity index (χ1n) is 20.8. The largest absolute Gasteiger partial charge is 0.756 e. The third-order valence-corrected chi connectivity index (χ3v) is 10.1. The molecule has 0 N–H and O–H groups in total. The summed E-state index contributed by atoms with van der Waals surface area (Å²) in [7, 11) is 1.37. The lowest BCUT2D eigenvalue weighted by Crippen LogP contribution is -2.37. The Kier molecular flexibility index (Phi) is 34.2. The molecule has 0 saturated heterocycles. The number of nitrogens with zero attached hydrogens (tertiary/aromatic N) is 1. The molecular formula is C40H82NO7P. The standard InChI is InChI=1S/C40H82NO7P/c1-6-8-10-12-14-16-18-20-21-22-23-25-27-29-31-33-40(42)48-39(38-47-49(43,44)46-36-34-41(3,4)5)37-45-35-32-30-28-26-24-19-17-15-13-11-9-7-2/h39H,6-38H2,1-5H3/t39-/m1/s1. The molecule has 8 nitrogen and oxygen atoms in total. The van der Waals surface area contributed by atoms with Crippen molar-refractivity contribution >= 4 is 13.8 Å². The fraction of sp³-hybridized carbons (Fsp3) is 0.975. The van der Waals surface area contributed by atoms with Gasteiger partial charge in [-0.3, -0.25) is 9.36 Å². The Morgan fingerprint density at radius 3 is 1.35 bits per heavy atom. The van der Waals surface area contributed by atoms with Gasteiger partial charge in [0, 0.05) is 13.0 Å². The van der Waals surface area contributed by atoms with E-state index in [9.17, 15) is 14.3 Å². The Morgan fingerprint density at radius 1 is 0.551 bits per heavy atom. The molecule has 0 radical (unpaired) electrons. The summed E-state index contributed by atoms with van der Waals surface area (Å²) >= 11 is 0. The van der Waals surface area contributed by atoms with Crippen molar-refractivity contribution in [3.63, 3.8) is 0 Å². The van der Waals surface area contributed by atoms with E-state index in [-0.39, 0.29) is 25.8 Å². The number of hydrogen-bond donors (Lipinski definition) is 0. The number of phosphoric acid groups is 1. The molecule has 0 heterocycles. The molecule has 0 saturated carbocycles. The Labute approximate surface area is 304 Å². The van der Waals surface area contributed by atoms with Crippen LogP contribution in [0.1, 0.15) is 194 Å². The number of quaternary nitrogens is 1. The first-order chi connectivity index (χ1) is 23.6. The Balaban J connectivity index is 4.22. The number of carbonyl (C=O) groups excluding carboxylic acids is 1. The maximum atomic E-state index is 12.6. The van der Waals surface area contributed by atoms with E-state index >= 15 is 0 Å². The van der Waals surface area contributed by atoms with Crippen molar-refractivity contribution in [3.8, 4) is 0 Å². The van der Waals surface area contributed by atoms with E-state index in [1.165, 1.54) is 141 Å². The van der Waals surface area contributed by atoms with Crippen LogP contribution in [-0.2, 0) is 27.9 Å². The van der Waals surface area contributed by atoms with Crippen molar-refractivity contribution in [2.24, 2.45) is 0 Å². The second-order valence-corrected chi connectivity index (χ2v) is 16.8. The molecule has 0 rings (SSSR count). The number of rotatable bonds is 39. The summed E-state index contributed by atoms with van der Waals surface area (Å²) in [5, 5.41) is 0. The molecule has 0 aromatic heterocycles. The molecule has 1 unspecified atom stereocenters. The molecule has 0 amide bonds. The molecular weight excluding hydrogens is 637 g/mol. The minimum Gasteiger partial charge on any atom is -0.756 e. The van der Waals surface area contributed by atoms with Crippen molar-refractivity contribution in [2.75, 3.05) is 54.1 Å². The average molecular weight is 720 g/mol. The quantitative estimate of drug-likeness (QED) is 0.0270. The van der Waals surface area contributed by atoms with E-state index in [2.05, 4.69) is 13.8 Å². The maximum Gasteiger partial charge on any atom is 0.306 e. The summed E-state index contributed by atoms with van der Waals surface area (Å²) in [6.07, 6.45) is 33.8. The van der Waals surface area contributed by atoms with E-state index in [0.717, 1.165) is 32.1 Å². The van der Waals surface area contributed by atoms with Gasteiger partial charge >= 0.3 is 5.97 Å². The second-order valence-electron chi connectivity index (χ2n) is 15.4. The van der Waals surface area contributed by atoms with Crippen LogP contribution in [0, 0.1) is 0 Å². The summed E-state index contributed by atoms with van der Waals surface area (Å²) in [4.78, 5) is 25.0. The van der Waals surface area contributed by atoms with Crippen molar-refractivity contribution in [2.45, 2.75) is 200 Å². The fourth-order valence-corrected chi connectivity index (χ4v) is 6.63. The molecule has 0 aromatic carbocycles. The third kappa shape index (κ3) is 38.6. The molecule has 0 fully saturated rings. The predicted octanol–water partition coefficient (Wildman–Crippen LogP) is 11.1. The zero-order chi connectivity index (χ0) is 36.3. The first kappa shape index (κ1) is 48.5. The van der Waals surface area contributed by atoms with Gasteiger partial charge in [-0.2, -0.15) is 0 Å². The average Bonchev–Trinajstić information content (AvgIpc) is 3.04. The van der Waals surface area contributed by atoms with Gasteiger partial charge in [0.2, 0.25) is 0 Å². The highest BCUT2D eigenvalue weighted by Crippen LogP contribution is 2.38. The lowest BCUT2D eigenvalue weighted by molar-refractivity contribution is -0.870. The molecule has 0 aliphatic heterocycles. The van der Waals surface area contributed by atoms with Gasteiger partial charge in [0.15, 0.2) is 0 Å². The molecule has 0 aliphatic carbocycles. The summed E-state index contributed by atoms with van der Waals surface area (Å²) in [5.74, 6) is -0.330. The lowest BCUT2D eigenvalue weighted by atomic mass is 10.0. The zero-order valence-corrected chi connectivity index (χ0v) is 34.1. The van der Waals surface area contributed by atoms with Gasteiger partial charge in [0.05, 0.1) is 34.4 Å². The zero-order valence-electron chi connectivity index (χ0n) is 33.2. The monoisotopic (exact) mass is 720 g/mol. The predicted molar refractivity (Wildman–Crippen MR) is 204 cm³/mol. The summed E-state index contributed by atoms with van der Waals surface area (Å²) < 4.78 is 34.5. The molecule has 0 bridgehead atoms. The summed E-state index contributed by atoms with van der Waals surface area (Å²) in [5.41, 5.74) is 0. The highest BCUT2D eigenvalue weighted by atomic mass is 31.2. The van der Waals surface area contributed by atoms with Gasteiger partial charge in [-0.25, -0.2) is 0 Å².